The summed E-state index contributed by atoms with van der Waals surface area (Å²) in [4.78, 5) is 14.6. The second kappa shape index (κ2) is 6.80. The molecule has 1 saturated heterocycles. The summed E-state index contributed by atoms with van der Waals surface area (Å²) in [5.41, 5.74) is 1.45. The molecule has 1 N–H and O–H groups in total. The molecule has 2 aromatic rings. The minimum atomic E-state index is -0.221. The van der Waals surface area contributed by atoms with Crippen LogP contribution in [0.1, 0.15) is 5.56 Å². The molecule has 24 heavy (non-hydrogen) atoms. The zero-order valence-electron chi connectivity index (χ0n) is 13.3. The van der Waals surface area contributed by atoms with E-state index in [4.69, 9.17) is 14.9 Å². The SMILES string of the molecule is COc1ccc(N2C(=N)S/C(=C\c3ccccc3OC)C2=O)cc1. The number of amides is 1. The first kappa shape index (κ1) is 16.1. The highest BCUT2D eigenvalue weighted by Crippen LogP contribution is 2.36. The van der Waals surface area contributed by atoms with E-state index in [1.807, 2.05) is 24.3 Å². The lowest BCUT2D eigenvalue weighted by Crippen LogP contribution is -2.27. The molecule has 0 unspecified atom stereocenters. The molecule has 0 bridgehead atoms. The van der Waals surface area contributed by atoms with Gasteiger partial charge in [0.15, 0.2) is 5.17 Å². The van der Waals surface area contributed by atoms with Gasteiger partial charge in [-0.1, -0.05) is 18.2 Å². The van der Waals surface area contributed by atoms with Crippen molar-refractivity contribution in [2.24, 2.45) is 0 Å². The van der Waals surface area contributed by atoms with Gasteiger partial charge in [0, 0.05) is 5.56 Å². The van der Waals surface area contributed by atoms with E-state index < -0.39 is 0 Å². The molecule has 3 rings (SSSR count). The Bertz CT molecular complexity index is 815. The largest absolute Gasteiger partial charge is 0.497 e. The van der Waals surface area contributed by atoms with E-state index in [0.29, 0.717) is 22.1 Å². The minimum Gasteiger partial charge on any atom is -0.497 e. The van der Waals surface area contributed by atoms with Gasteiger partial charge >= 0.3 is 0 Å². The number of nitrogens with zero attached hydrogens (tertiary/aromatic N) is 1. The lowest BCUT2D eigenvalue weighted by Gasteiger charge is -2.14. The van der Waals surface area contributed by atoms with E-state index in [9.17, 15) is 4.79 Å². The van der Waals surface area contributed by atoms with E-state index in [2.05, 4.69) is 0 Å². The number of hydrogen-bond acceptors (Lipinski definition) is 5. The third-order valence-corrected chi connectivity index (χ3v) is 4.47. The van der Waals surface area contributed by atoms with Crippen LogP contribution in [0.3, 0.4) is 0 Å². The third-order valence-electron chi connectivity index (χ3n) is 3.58. The Morgan fingerprint density at radius 1 is 1.04 bits per heavy atom. The van der Waals surface area contributed by atoms with Crippen molar-refractivity contribution < 1.29 is 14.3 Å². The Hall–Kier alpha value is -2.73. The predicted octanol–water partition coefficient (Wildman–Crippen LogP) is 3.76. The Labute approximate surface area is 144 Å². The number of nitrogens with one attached hydrogen (secondary N) is 1. The number of benzene rings is 2. The minimum absolute atomic E-state index is 0.173. The van der Waals surface area contributed by atoms with E-state index >= 15 is 0 Å². The van der Waals surface area contributed by atoms with Crippen molar-refractivity contribution in [1.29, 1.82) is 5.41 Å². The number of hydrogen-bond donors (Lipinski definition) is 1. The Balaban J connectivity index is 1.92. The molecule has 0 spiro atoms. The zero-order chi connectivity index (χ0) is 17.1. The van der Waals surface area contributed by atoms with Crippen LogP contribution >= 0.6 is 11.8 Å². The number of carbonyl (C=O) groups is 1. The standard InChI is InChI=1S/C18H16N2O3S/c1-22-14-9-7-13(8-10-14)20-17(21)16(24-18(20)19)11-12-5-3-4-6-15(12)23-2/h3-11,19H,1-2H3/b16-11-,19-18?. The maximum Gasteiger partial charge on any atom is 0.271 e. The van der Waals surface area contributed by atoms with E-state index in [1.165, 1.54) is 4.90 Å². The van der Waals surface area contributed by atoms with Gasteiger partial charge in [0.2, 0.25) is 0 Å². The molecule has 0 atom stereocenters. The summed E-state index contributed by atoms with van der Waals surface area (Å²) >= 11 is 1.13. The lowest BCUT2D eigenvalue weighted by atomic mass is 10.2. The second-order valence-corrected chi connectivity index (χ2v) is 6.03. The van der Waals surface area contributed by atoms with Crippen molar-refractivity contribution in [1.82, 2.24) is 0 Å². The van der Waals surface area contributed by atoms with Crippen LogP contribution in [0.2, 0.25) is 0 Å². The summed E-state index contributed by atoms with van der Waals surface area (Å²) in [6, 6.07) is 14.5. The number of carbonyl (C=O) groups excluding carboxylic acids is 1. The average molecular weight is 340 g/mol. The number of thioether (sulfide) groups is 1. The van der Waals surface area contributed by atoms with Crippen LogP contribution < -0.4 is 14.4 Å². The van der Waals surface area contributed by atoms with Gasteiger partial charge in [0.25, 0.3) is 5.91 Å². The molecule has 1 heterocycles. The molecule has 1 fully saturated rings. The monoisotopic (exact) mass is 340 g/mol. The number of amidine groups is 1. The van der Waals surface area contributed by atoms with Crippen molar-refractivity contribution in [2.75, 3.05) is 19.1 Å². The molecule has 0 radical (unpaired) electrons. The normalized spacial score (nSPS) is 15.9. The fourth-order valence-electron chi connectivity index (χ4n) is 2.38. The highest BCUT2D eigenvalue weighted by atomic mass is 32.2. The van der Waals surface area contributed by atoms with Gasteiger partial charge in [-0.15, -0.1) is 0 Å². The van der Waals surface area contributed by atoms with Gasteiger partial charge in [0.05, 0.1) is 24.8 Å². The molecular formula is C18H16N2O3S. The summed E-state index contributed by atoms with van der Waals surface area (Å²) in [5, 5.41) is 8.30. The predicted molar refractivity (Wildman–Crippen MR) is 96.8 cm³/mol. The summed E-state index contributed by atoms with van der Waals surface area (Å²) in [7, 11) is 3.18. The van der Waals surface area contributed by atoms with Gasteiger partial charge < -0.3 is 9.47 Å². The van der Waals surface area contributed by atoms with Crippen LogP contribution in [0.4, 0.5) is 5.69 Å². The van der Waals surface area contributed by atoms with E-state index in [1.54, 1.807) is 44.6 Å². The van der Waals surface area contributed by atoms with Crippen LogP contribution in [-0.2, 0) is 4.79 Å². The Morgan fingerprint density at radius 3 is 2.42 bits per heavy atom. The molecule has 6 heteroatoms. The number of ether oxygens (including phenoxy) is 2. The first-order valence-electron chi connectivity index (χ1n) is 7.23. The van der Waals surface area contributed by atoms with Gasteiger partial charge in [0.1, 0.15) is 11.5 Å². The van der Waals surface area contributed by atoms with Gasteiger partial charge in [-0.05, 0) is 48.2 Å². The quantitative estimate of drug-likeness (QED) is 0.861. The molecule has 1 aliphatic rings. The number of para-hydroxylation sites is 1. The van der Waals surface area contributed by atoms with Crippen molar-refractivity contribution in [3.63, 3.8) is 0 Å². The van der Waals surface area contributed by atoms with Crippen molar-refractivity contribution in [2.45, 2.75) is 0 Å². The molecular weight excluding hydrogens is 324 g/mol. The summed E-state index contributed by atoms with van der Waals surface area (Å²) in [5.74, 6) is 1.17. The third kappa shape index (κ3) is 3.00. The van der Waals surface area contributed by atoms with Crippen LogP contribution in [0.5, 0.6) is 11.5 Å². The van der Waals surface area contributed by atoms with Crippen molar-refractivity contribution in [3.05, 3.63) is 59.0 Å². The maximum absolute atomic E-state index is 12.7. The Kier molecular flexibility index (Phi) is 4.57. The fraction of sp³-hybridized carbons (Fsp3) is 0.111. The Morgan fingerprint density at radius 2 is 1.75 bits per heavy atom. The van der Waals surface area contributed by atoms with Crippen molar-refractivity contribution >= 4 is 34.6 Å². The number of anilines is 1. The summed E-state index contributed by atoms with van der Waals surface area (Å²) in [6.07, 6.45) is 1.75. The van der Waals surface area contributed by atoms with Crippen LogP contribution in [0.25, 0.3) is 6.08 Å². The van der Waals surface area contributed by atoms with Gasteiger partial charge in [-0.3, -0.25) is 15.1 Å². The zero-order valence-corrected chi connectivity index (χ0v) is 14.1. The molecule has 0 aromatic heterocycles. The van der Waals surface area contributed by atoms with E-state index in [-0.39, 0.29) is 11.1 Å². The fourth-order valence-corrected chi connectivity index (χ4v) is 3.23. The summed E-state index contributed by atoms with van der Waals surface area (Å²) < 4.78 is 10.4. The maximum atomic E-state index is 12.7. The molecule has 5 nitrogen and oxygen atoms in total. The smallest absolute Gasteiger partial charge is 0.271 e. The molecule has 0 aliphatic carbocycles. The molecule has 1 amide bonds. The summed E-state index contributed by atoms with van der Waals surface area (Å²) in [6.45, 7) is 0. The average Bonchev–Trinajstić information content (AvgIpc) is 2.89. The highest BCUT2D eigenvalue weighted by molar-refractivity contribution is 8.19. The topological polar surface area (TPSA) is 62.6 Å². The van der Waals surface area contributed by atoms with Crippen molar-refractivity contribution in [3.8, 4) is 11.5 Å². The van der Waals surface area contributed by atoms with Crippen LogP contribution in [0, 0.1) is 5.41 Å². The van der Waals surface area contributed by atoms with Crippen LogP contribution in [-0.4, -0.2) is 25.3 Å². The lowest BCUT2D eigenvalue weighted by molar-refractivity contribution is -0.113. The molecule has 122 valence electrons. The number of rotatable bonds is 4. The molecule has 1 aliphatic heterocycles. The van der Waals surface area contributed by atoms with E-state index in [0.717, 1.165) is 17.3 Å². The highest BCUT2D eigenvalue weighted by Gasteiger charge is 2.33. The van der Waals surface area contributed by atoms with Gasteiger partial charge in [-0.25, -0.2) is 0 Å². The first-order valence-corrected chi connectivity index (χ1v) is 8.05. The van der Waals surface area contributed by atoms with Crippen LogP contribution in [0.15, 0.2) is 53.4 Å². The first-order chi connectivity index (χ1) is 11.6. The number of methoxy groups -OCH3 is 2. The molecule has 0 saturated carbocycles. The molecule has 2 aromatic carbocycles. The second-order valence-electron chi connectivity index (χ2n) is 5.00. The van der Waals surface area contributed by atoms with Gasteiger partial charge in [-0.2, -0.15) is 0 Å².